The van der Waals surface area contributed by atoms with Gasteiger partial charge in [0.1, 0.15) is 6.07 Å². The van der Waals surface area contributed by atoms with Gasteiger partial charge in [-0.2, -0.15) is 5.26 Å². The molecule has 0 aromatic carbocycles. The van der Waals surface area contributed by atoms with Gasteiger partial charge in [-0.3, -0.25) is 9.63 Å². The van der Waals surface area contributed by atoms with E-state index in [1.807, 2.05) is 13.8 Å². The number of carbonyl (C=O) groups excluding carboxylic acids is 2. The molecule has 0 fully saturated rings. The number of hydrogen-bond acceptors (Lipinski definition) is 6. The van der Waals surface area contributed by atoms with E-state index in [1.54, 1.807) is 0 Å². The van der Waals surface area contributed by atoms with Crippen molar-refractivity contribution in [2.45, 2.75) is 13.8 Å². The van der Waals surface area contributed by atoms with E-state index in [0.717, 1.165) is 0 Å². The standard InChI is InChI=1S/C8H11N3O4/c1-5(2)4-14-8(13)15-11-6(3-9)7(10)12/h5H,4H2,1-2H3,(H2,10,12). The molecule has 0 aliphatic rings. The molecule has 0 heterocycles. The molecular weight excluding hydrogens is 202 g/mol. The molecular formula is C8H11N3O4. The van der Waals surface area contributed by atoms with Crippen LogP contribution < -0.4 is 5.73 Å². The number of rotatable bonds is 4. The topological polar surface area (TPSA) is 115 Å². The maximum Gasteiger partial charge on any atom is 0.535 e. The Hall–Kier alpha value is -2.10. The molecule has 0 saturated heterocycles. The molecule has 7 nitrogen and oxygen atoms in total. The van der Waals surface area contributed by atoms with Crippen LogP contribution in [-0.4, -0.2) is 24.4 Å². The Bertz CT molecular complexity index is 316. The average molecular weight is 213 g/mol. The summed E-state index contributed by atoms with van der Waals surface area (Å²) in [5.74, 6) is -0.928. The maximum atomic E-state index is 10.8. The first-order chi connectivity index (χ1) is 6.97. The molecule has 0 atom stereocenters. The Kier molecular flexibility index (Phi) is 5.48. The first kappa shape index (κ1) is 12.9. The monoisotopic (exact) mass is 213 g/mol. The minimum absolute atomic E-state index is 0.146. The van der Waals surface area contributed by atoms with E-state index in [9.17, 15) is 9.59 Å². The number of ether oxygens (including phenoxy) is 1. The Morgan fingerprint density at radius 2 is 2.13 bits per heavy atom. The molecule has 0 rings (SSSR count). The lowest BCUT2D eigenvalue weighted by molar-refractivity contribution is -0.112. The fraction of sp³-hybridized carbons (Fsp3) is 0.500. The van der Waals surface area contributed by atoms with Gasteiger partial charge in [-0.15, -0.1) is 0 Å². The first-order valence-corrected chi connectivity index (χ1v) is 4.09. The van der Waals surface area contributed by atoms with Gasteiger partial charge in [0.05, 0.1) is 6.61 Å². The Morgan fingerprint density at radius 1 is 1.53 bits per heavy atom. The number of nitriles is 1. The molecule has 0 radical (unpaired) electrons. The lowest BCUT2D eigenvalue weighted by Crippen LogP contribution is -2.22. The van der Waals surface area contributed by atoms with Crippen molar-refractivity contribution in [3.8, 4) is 6.07 Å². The second-order valence-electron chi connectivity index (χ2n) is 2.96. The van der Waals surface area contributed by atoms with Crippen molar-refractivity contribution >= 4 is 17.8 Å². The lowest BCUT2D eigenvalue weighted by atomic mass is 10.2. The molecule has 0 saturated carbocycles. The molecule has 0 aliphatic heterocycles. The van der Waals surface area contributed by atoms with E-state index in [0.29, 0.717) is 0 Å². The van der Waals surface area contributed by atoms with Crippen LogP contribution in [-0.2, 0) is 14.4 Å². The van der Waals surface area contributed by atoms with Gasteiger partial charge in [0.15, 0.2) is 0 Å². The number of oxime groups is 1. The van der Waals surface area contributed by atoms with E-state index < -0.39 is 17.8 Å². The molecule has 7 heteroatoms. The van der Waals surface area contributed by atoms with Crippen LogP contribution in [0.4, 0.5) is 4.79 Å². The van der Waals surface area contributed by atoms with Crippen LogP contribution >= 0.6 is 0 Å². The summed E-state index contributed by atoms with van der Waals surface area (Å²) in [6.07, 6.45) is -1.09. The molecule has 0 aromatic rings. The third-order valence-corrected chi connectivity index (χ3v) is 1.09. The van der Waals surface area contributed by atoms with Crippen LogP contribution in [0.1, 0.15) is 13.8 Å². The molecule has 0 aromatic heterocycles. The predicted octanol–water partition coefficient (Wildman–Crippen LogP) is 0.160. The minimum Gasteiger partial charge on any atom is -0.432 e. The second-order valence-corrected chi connectivity index (χ2v) is 2.96. The van der Waals surface area contributed by atoms with Gasteiger partial charge in [-0.25, -0.2) is 4.79 Å². The number of amides is 1. The second kappa shape index (κ2) is 6.37. The predicted molar refractivity (Wildman–Crippen MR) is 49.5 cm³/mol. The van der Waals surface area contributed by atoms with Crippen molar-refractivity contribution in [3.63, 3.8) is 0 Å². The van der Waals surface area contributed by atoms with E-state index in [1.165, 1.54) is 6.07 Å². The van der Waals surface area contributed by atoms with Crippen LogP contribution in [0, 0.1) is 17.2 Å². The molecule has 0 spiro atoms. The summed E-state index contributed by atoms with van der Waals surface area (Å²) < 4.78 is 4.55. The van der Waals surface area contributed by atoms with Crippen molar-refractivity contribution in [1.82, 2.24) is 0 Å². The van der Waals surface area contributed by atoms with Crippen LogP contribution in [0.25, 0.3) is 0 Å². The largest absolute Gasteiger partial charge is 0.535 e. The zero-order valence-electron chi connectivity index (χ0n) is 8.39. The maximum absolute atomic E-state index is 10.8. The summed E-state index contributed by atoms with van der Waals surface area (Å²) in [4.78, 5) is 25.3. The molecule has 82 valence electrons. The Labute approximate surface area is 86.4 Å². The van der Waals surface area contributed by atoms with Gasteiger partial charge >= 0.3 is 6.16 Å². The normalized spacial score (nSPS) is 10.7. The summed E-state index contributed by atoms with van der Waals surface area (Å²) in [5.41, 5.74) is 4.03. The Morgan fingerprint density at radius 3 is 2.53 bits per heavy atom. The highest BCUT2D eigenvalue weighted by Gasteiger charge is 2.09. The van der Waals surface area contributed by atoms with Crippen molar-refractivity contribution in [2.75, 3.05) is 6.61 Å². The average Bonchev–Trinajstić information content (AvgIpc) is 2.15. The van der Waals surface area contributed by atoms with Crippen LogP contribution in [0.15, 0.2) is 5.16 Å². The fourth-order valence-corrected chi connectivity index (χ4v) is 0.464. The molecule has 0 unspecified atom stereocenters. The highest BCUT2D eigenvalue weighted by molar-refractivity contribution is 6.44. The molecule has 0 bridgehead atoms. The Balaban J connectivity index is 4.09. The smallest absolute Gasteiger partial charge is 0.432 e. The van der Waals surface area contributed by atoms with Gasteiger partial charge in [-0.1, -0.05) is 19.0 Å². The van der Waals surface area contributed by atoms with Crippen molar-refractivity contribution in [3.05, 3.63) is 0 Å². The fourth-order valence-electron chi connectivity index (χ4n) is 0.464. The van der Waals surface area contributed by atoms with Crippen molar-refractivity contribution in [2.24, 2.45) is 16.8 Å². The quantitative estimate of drug-likeness (QED) is 0.309. The van der Waals surface area contributed by atoms with Crippen LogP contribution in [0.2, 0.25) is 0 Å². The van der Waals surface area contributed by atoms with E-state index in [-0.39, 0.29) is 12.5 Å². The number of nitrogens with zero attached hydrogens (tertiary/aromatic N) is 2. The van der Waals surface area contributed by atoms with E-state index in [2.05, 4.69) is 14.7 Å². The molecule has 0 aliphatic carbocycles. The minimum atomic E-state index is -1.09. The number of carbonyl (C=O) groups is 2. The third-order valence-electron chi connectivity index (χ3n) is 1.09. The summed E-state index contributed by atoms with van der Waals surface area (Å²) >= 11 is 0. The van der Waals surface area contributed by atoms with Crippen LogP contribution in [0.5, 0.6) is 0 Å². The van der Waals surface area contributed by atoms with Gasteiger partial charge in [0, 0.05) is 0 Å². The highest BCUT2D eigenvalue weighted by Crippen LogP contribution is 1.95. The van der Waals surface area contributed by atoms with Crippen LogP contribution in [0.3, 0.4) is 0 Å². The number of nitrogens with two attached hydrogens (primary N) is 1. The van der Waals surface area contributed by atoms with Crippen molar-refractivity contribution in [1.29, 1.82) is 5.26 Å². The molecule has 2 N–H and O–H groups in total. The zero-order chi connectivity index (χ0) is 11.8. The zero-order valence-corrected chi connectivity index (χ0v) is 8.39. The van der Waals surface area contributed by atoms with Gasteiger partial charge < -0.3 is 10.5 Å². The van der Waals surface area contributed by atoms with E-state index in [4.69, 9.17) is 11.0 Å². The van der Waals surface area contributed by atoms with Gasteiger partial charge in [0.25, 0.3) is 5.91 Å². The highest BCUT2D eigenvalue weighted by atomic mass is 16.8. The first-order valence-electron chi connectivity index (χ1n) is 4.09. The number of primary amides is 1. The lowest BCUT2D eigenvalue weighted by Gasteiger charge is -2.03. The SMILES string of the molecule is CC(C)COC(=O)ON=C(C#N)C(N)=O. The summed E-state index contributed by atoms with van der Waals surface area (Å²) in [6.45, 7) is 3.83. The summed E-state index contributed by atoms with van der Waals surface area (Å²) in [5, 5.41) is 11.2. The number of hydrogen-bond donors (Lipinski definition) is 1. The molecule has 15 heavy (non-hydrogen) atoms. The third kappa shape index (κ3) is 6.04. The van der Waals surface area contributed by atoms with Crippen molar-refractivity contribution < 1.29 is 19.2 Å². The summed E-state index contributed by atoms with van der Waals surface area (Å²) in [7, 11) is 0. The van der Waals surface area contributed by atoms with E-state index >= 15 is 0 Å². The van der Waals surface area contributed by atoms with Gasteiger partial charge in [-0.05, 0) is 5.92 Å². The van der Waals surface area contributed by atoms with Gasteiger partial charge in [0.2, 0.25) is 5.71 Å². The molecule has 1 amide bonds. The summed E-state index contributed by atoms with van der Waals surface area (Å²) in [6, 6.07) is 1.36.